The van der Waals surface area contributed by atoms with Gasteiger partial charge in [-0.1, -0.05) is 23.2 Å². The minimum atomic E-state index is -1.37. The third-order valence-corrected chi connectivity index (χ3v) is 6.96. The van der Waals surface area contributed by atoms with Crippen LogP contribution in [0.5, 0.6) is 0 Å². The Kier molecular flexibility index (Phi) is 9.47. The van der Waals surface area contributed by atoms with Gasteiger partial charge in [0.05, 0.1) is 16.7 Å². The zero-order valence-electron chi connectivity index (χ0n) is 23.2. The third kappa shape index (κ3) is 7.19. The van der Waals surface area contributed by atoms with Crippen LogP contribution in [0.4, 0.5) is 11.4 Å². The van der Waals surface area contributed by atoms with Crippen LogP contribution in [0.3, 0.4) is 0 Å². The molecule has 1 atom stereocenters. The van der Waals surface area contributed by atoms with Gasteiger partial charge in [-0.25, -0.2) is 9.59 Å². The Labute approximate surface area is 256 Å². The van der Waals surface area contributed by atoms with Gasteiger partial charge >= 0.3 is 11.9 Å². The van der Waals surface area contributed by atoms with E-state index in [1.165, 1.54) is 19.1 Å². The van der Waals surface area contributed by atoms with Gasteiger partial charge in [0.15, 0.2) is 13.2 Å². The summed E-state index contributed by atoms with van der Waals surface area (Å²) in [6.45, 7) is 3.51. The Morgan fingerprint density at radius 2 is 1.26 bits per heavy atom. The molecule has 13 heteroatoms. The number of halogens is 2. The van der Waals surface area contributed by atoms with Crippen molar-refractivity contribution >= 4 is 70.1 Å². The van der Waals surface area contributed by atoms with Crippen LogP contribution >= 0.6 is 23.2 Å². The van der Waals surface area contributed by atoms with Gasteiger partial charge in [0.1, 0.15) is 6.04 Å². The number of nitrogens with zero attached hydrogens (tertiary/aromatic N) is 1. The summed E-state index contributed by atoms with van der Waals surface area (Å²) in [5.74, 6) is -4.73. The molecule has 0 bridgehead atoms. The van der Waals surface area contributed by atoms with Crippen molar-refractivity contribution in [2.45, 2.75) is 26.8 Å². The Hall–Kier alpha value is -4.74. The molecule has 1 aliphatic heterocycles. The number of anilines is 2. The fourth-order valence-electron chi connectivity index (χ4n) is 4.22. The molecule has 222 valence electrons. The Morgan fingerprint density at radius 3 is 1.79 bits per heavy atom. The van der Waals surface area contributed by atoms with Crippen molar-refractivity contribution in [3.8, 4) is 0 Å². The highest BCUT2D eigenvalue weighted by Gasteiger charge is 2.42. The number of carbonyl (C=O) groups excluding carboxylic acids is 6. The van der Waals surface area contributed by atoms with Crippen LogP contribution in [-0.2, 0) is 23.9 Å². The maximum atomic E-state index is 13.1. The maximum Gasteiger partial charge on any atom is 0.338 e. The Morgan fingerprint density at radius 1 is 0.744 bits per heavy atom. The first-order valence-corrected chi connectivity index (χ1v) is 13.6. The van der Waals surface area contributed by atoms with E-state index < -0.39 is 54.8 Å². The van der Waals surface area contributed by atoms with Crippen LogP contribution in [-0.4, -0.2) is 59.7 Å². The van der Waals surface area contributed by atoms with Gasteiger partial charge in [-0.05, 0) is 86.5 Å². The van der Waals surface area contributed by atoms with Gasteiger partial charge in [-0.15, -0.1) is 0 Å². The topological polar surface area (TPSA) is 148 Å². The number of nitrogens with one attached hydrogen (secondary N) is 2. The van der Waals surface area contributed by atoms with Crippen LogP contribution in [0.25, 0.3) is 0 Å². The van der Waals surface area contributed by atoms with Gasteiger partial charge < -0.3 is 20.1 Å². The zero-order valence-corrected chi connectivity index (χ0v) is 24.7. The number of hydrogen-bond donors (Lipinski definition) is 2. The van der Waals surface area contributed by atoms with E-state index in [4.69, 9.17) is 32.7 Å². The minimum Gasteiger partial charge on any atom is -0.454 e. The number of esters is 2. The minimum absolute atomic E-state index is 0.0342. The number of rotatable bonds is 9. The second-order valence-corrected chi connectivity index (χ2v) is 10.5. The standard InChI is InChI=1S/C30H25Cl2N3O8/c1-15-10-19(31)5-8-23(15)33-25(36)13-42-29(40)17(3)35-27(38)21-7-4-18(12-22(21)28(35)39)30(41)43-14-26(37)34-24-9-6-20(32)11-16(24)2/h4-12,17H,13-14H2,1-3H3,(H,33,36)(H,34,37)/t17-/m1/s1. The molecule has 3 aromatic carbocycles. The molecule has 0 spiro atoms. The predicted octanol–water partition coefficient (Wildman–Crippen LogP) is 4.57. The molecule has 4 rings (SSSR count). The zero-order chi connectivity index (χ0) is 31.4. The number of amides is 4. The van der Waals surface area contributed by atoms with E-state index in [2.05, 4.69) is 10.6 Å². The normalized spacial score (nSPS) is 12.8. The predicted molar refractivity (Wildman–Crippen MR) is 157 cm³/mol. The van der Waals surface area contributed by atoms with Gasteiger partial charge in [-0.2, -0.15) is 0 Å². The van der Waals surface area contributed by atoms with Crippen LogP contribution in [0, 0.1) is 13.8 Å². The van der Waals surface area contributed by atoms with E-state index in [9.17, 15) is 28.8 Å². The molecule has 4 amide bonds. The smallest absolute Gasteiger partial charge is 0.338 e. The summed E-state index contributed by atoms with van der Waals surface area (Å²) >= 11 is 11.8. The van der Waals surface area contributed by atoms with Crippen LogP contribution in [0.2, 0.25) is 10.0 Å². The summed E-state index contributed by atoms with van der Waals surface area (Å²) in [5.41, 5.74) is 2.15. The molecule has 0 fully saturated rings. The van der Waals surface area contributed by atoms with E-state index >= 15 is 0 Å². The molecule has 0 unspecified atom stereocenters. The number of hydrogen-bond acceptors (Lipinski definition) is 8. The second-order valence-electron chi connectivity index (χ2n) is 9.62. The summed E-state index contributed by atoms with van der Waals surface area (Å²) in [6.07, 6.45) is 0. The first-order chi connectivity index (χ1) is 20.3. The van der Waals surface area contributed by atoms with Crippen molar-refractivity contribution in [3.05, 3.63) is 92.5 Å². The Bertz CT molecular complexity index is 1670. The summed E-state index contributed by atoms with van der Waals surface area (Å²) in [7, 11) is 0. The highest BCUT2D eigenvalue weighted by Crippen LogP contribution is 2.27. The molecule has 11 nitrogen and oxygen atoms in total. The number of ether oxygens (including phenoxy) is 2. The van der Waals surface area contributed by atoms with Crippen molar-refractivity contribution in [1.82, 2.24) is 4.90 Å². The first kappa shape index (κ1) is 31.2. The molecular formula is C30H25Cl2N3O8. The monoisotopic (exact) mass is 625 g/mol. The summed E-state index contributed by atoms with van der Waals surface area (Å²) in [4.78, 5) is 76.5. The number of fused-ring (bicyclic) bond motifs is 1. The molecule has 0 aliphatic carbocycles. The average Bonchev–Trinajstić information content (AvgIpc) is 3.21. The number of aryl methyl sites for hydroxylation is 2. The van der Waals surface area contributed by atoms with Crippen molar-refractivity contribution in [3.63, 3.8) is 0 Å². The van der Waals surface area contributed by atoms with Gasteiger partial charge in [0, 0.05) is 21.4 Å². The SMILES string of the molecule is Cc1cc(Cl)ccc1NC(=O)COC(=O)c1ccc2c(c1)C(=O)N([C@H](C)C(=O)OCC(=O)Nc1ccc(Cl)cc1C)C2=O. The molecular weight excluding hydrogens is 601 g/mol. The van der Waals surface area contributed by atoms with Crippen LogP contribution < -0.4 is 10.6 Å². The lowest BCUT2D eigenvalue weighted by Crippen LogP contribution is -2.44. The molecule has 43 heavy (non-hydrogen) atoms. The summed E-state index contributed by atoms with van der Waals surface area (Å²) in [5, 5.41) is 6.19. The van der Waals surface area contributed by atoms with Crippen LogP contribution in [0.15, 0.2) is 54.6 Å². The van der Waals surface area contributed by atoms with Gasteiger partial charge in [0.25, 0.3) is 23.6 Å². The highest BCUT2D eigenvalue weighted by molar-refractivity contribution is 6.31. The number of imide groups is 1. The summed E-state index contributed by atoms with van der Waals surface area (Å²) in [6, 6.07) is 12.0. The van der Waals surface area contributed by atoms with E-state index in [1.54, 1.807) is 50.2 Å². The summed E-state index contributed by atoms with van der Waals surface area (Å²) < 4.78 is 10.1. The van der Waals surface area contributed by atoms with Crippen LogP contribution in [0.1, 0.15) is 49.1 Å². The molecule has 0 aromatic heterocycles. The molecule has 2 N–H and O–H groups in total. The maximum absolute atomic E-state index is 13.1. The van der Waals surface area contributed by atoms with Gasteiger partial charge in [-0.3, -0.25) is 24.1 Å². The lowest BCUT2D eigenvalue weighted by atomic mass is 10.1. The van der Waals surface area contributed by atoms with Crippen molar-refractivity contribution in [1.29, 1.82) is 0 Å². The van der Waals surface area contributed by atoms with E-state index in [0.29, 0.717) is 37.4 Å². The molecule has 1 aliphatic rings. The molecule has 1 heterocycles. The van der Waals surface area contributed by atoms with Crippen molar-refractivity contribution in [2.24, 2.45) is 0 Å². The van der Waals surface area contributed by atoms with Crippen molar-refractivity contribution < 1.29 is 38.2 Å². The van der Waals surface area contributed by atoms with Crippen molar-refractivity contribution in [2.75, 3.05) is 23.8 Å². The second kappa shape index (κ2) is 13.1. The fourth-order valence-corrected chi connectivity index (χ4v) is 4.68. The van der Waals surface area contributed by atoms with Gasteiger partial charge in [0.2, 0.25) is 0 Å². The molecule has 0 saturated carbocycles. The molecule has 3 aromatic rings. The number of carbonyl (C=O) groups is 6. The van der Waals surface area contributed by atoms with E-state index in [1.807, 2.05) is 0 Å². The third-order valence-electron chi connectivity index (χ3n) is 6.49. The quantitative estimate of drug-likeness (QED) is 0.259. The number of benzene rings is 3. The van der Waals surface area contributed by atoms with E-state index in [0.717, 1.165) is 6.07 Å². The highest BCUT2D eigenvalue weighted by atomic mass is 35.5. The largest absolute Gasteiger partial charge is 0.454 e. The fraction of sp³-hybridized carbons (Fsp3) is 0.200. The molecule has 0 saturated heterocycles. The Balaban J connectivity index is 1.34. The van der Waals surface area contributed by atoms with E-state index in [-0.39, 0.29) is 16.7 Å². The lowest BCUT2D eigenvalue weighted by Gasteiger charge is -2.20. The average molecular weight is 626 g/mol. The molecule has 0 radical (unpaired) electrons. The first-order valence-electron chi connectivity index (χ1n) is 12.8. The lowest BCUT2D eigenvalue weighted by molar-refractivity contribution is -0.150.